The van der Waals surface area contributed by atoms with Gasteiger partial charge in [0.2, 0.25) is 5.91 Å². The van der Waals surface area contributed by atoms with E-state index in [-0.39, 0.29) is 24.7 Å². The number of aryl methyl sites for hydroxylation is 1. The molecule has 1 aliphatic rings. The average Bonchev–Trinajstić information content (AvgIpc) is 3.19. The van der Waals surface area contributed by atoms with Crippen LogP contribution >= 0.6 is 11.3 Å². The fourth-order valence-electron chi connectivity index (χ4n) is 3.70. The number of aliphatic hydroxyl groups is 1. The summed E-state index contributed by atoms with van der Waals surface area (Å²) < 4.78 is 32.5. The lowest BCUT2D eigenvalue weighted by Crippen LogP contribution is -2.52. The molecule has 172 valence electrons. The van der Waals surface area contributed by atoms with E-state index in [9.17, 15) is 23.5 Å². The molecule has 1 fully saturated rings. The van der Waals surface area contributed by atoms with Crippen LogP contribution in [0.2, 0.25) is 0 Å². The highest BCUT2D eigenvalue weighted by Crippen LogP contribution is 2.31. The Kier molecular flexibility index (Phi) is 6.77. The first-order valence-corrected chi connectivity index (χ1v) is 11.0. The van der Waals surface area contributed by atoms with Gasteiger partial charge in [-0.1, -0.05) is 12.1 Å². The number of halogens is 2. The minimum absolute atomic E-state index is 0.122. The van der Waals surface area contributed by atoms with E-state index in [0.717, 1.165) is 22.7 Å². The number of aliphatic hydroxyl groups excluding tert-OH is 1. The number of hydrogen-bond donors (Lipinski definition) is 2. The molecule has 2 atom stereocenters. The van der Waals surface area contributed by atoms with E-state index < -0.39 is 29.7 Å². The second-order valence-corrected chi connectivity index (χ2v) is 8.54. The predicted octanol–water partition coefficient (Wildman–Crippen LogP) is 3.44. The Morgan fingerprint density at radius 3 is 2.55 bits per heavy atom. The molecule has 1 saturated heterocycles. The number of benzene rings is 2. The van der Waals surface area contributed by atoms with Gasteiger partial charge in [0.15, 0.2) is 0 Å². The average molecular weight is 474 g/mol. The Balaban J connectivity index is 1.49. The van der Waals surface area contributed by atoms with Crippen molar-refractivity contribution in [1.82, 2.24) is 9.88 Å². The van der Waals surface area contributed by atoms with E-state index in [1.165, 1.54) is 11.3 Å². The van der Waals surface area contributed by atoms with Gasteiger partial charge in [-0.15, -0.1) is 11.3 Å². The molecule has 0 spiro atoms. The molecule has 2 unspecified atom stereocenters. The number of nitrogens with zero attached hydrogens (tertiary/aromatic N) is 2. The SMILES string of the molecule is Cc1ncsc1CN1C(=O)COC(c2ccc(NC(=O)c3cc(F)cc(F)c3)cc2)C1CO. The molecule has 2 heterocycles. The first-order valence-electron chi connectivity index (χ1n) is 10.1. The second kappa shape index (κ2) is 9.74. The summed E-state index contributed by atoms with van der Waals surface area (Å²) in [5, 5.41) is 12.6. The second-order valence-electron chi connectivity index (χ2n) is 7.60. The largest absolute Gasteiger partial charge is 0.394 e. The van der Waals surface area contributed by atoms with Crippen molar-refractivity contribution in [2.24, 2.45) is 0 Å². The number of amides is 2. The number of aromatic nitrogens is 1. The lowest BCUT2D eigenvalue weighted by Gasteiger charge is -2.40. The molecule has 0 bridgehead atoms. The standard InChI is InChI=1S/C23H21F2N3O4S/c1-13-20(33-12-26-13)9-28-19(10-29)22(32-11-21(28)30)14-2-4-18(5-3-14)27-23(31)15-6-16(24)8-17(25)7-15/h2-8,12,19,22,29H,9-11H2,1H3,(H,27,31). The molecule has 33 heavy (non-hydrogen) atoms. The first-order chi connectivity index (χ1) is 15.9. The Hall–Kier alpha value is -3.21. The Bertz CT molecular complexity index is 1150. The molecule has 0 saturated carbocycles. The van der Waals surface area contributed by atoms with Gasteiger partial charge in [-0.05, 0) is 36.8 Å². The number of ether oxygens (including phenoxy) is 1. The minimum atomic E-state index is -0.840. The van der Waals surface area contributed by atoms with Crippen molar-refractivity contribution in [2.45, 2.75) is 25.6 Å². The van der Waals surface area contributed by atoms with Gasteiger partial charge in [0, 0.05) is 22.2 Å². The maximum Gasteiger partial charge on any atom is 0.255 e. The summed E-state index contributed by atoms with van der Waals surface area (Å²) in [4.78, 5) is 31.6. The molecule has 0 radical (unpaired) electrons. The van der Waals surface area contributed by atoms with Crippen molar-refractivity contribution in [2.75, 3.05) is 18.5 Å². The number of thiazole rings is 1. The Morgan fingerprint density at radius 2 is 1.94 bits per heavy atom. The molecule has 1 aliphatic heterocycles. The molecular formula is C23H21F2N3O4S. The zero-order chi connectivity index (χ0) is 23.5. The number of rotatable bonds is 6. The zero-order valence-corrected chi connectivity index (χ0v) is 18.4. The lowest BCUT2D eigenvalue weighted by molar-refractivity contribution is -0.161. The van der Waals surface area contributed by atoms with Gasteiger partial charge in [0.1, 0.15) is 24.3 Å². The fraction of sp³-hybridized carbons (Fsp3) is 0.261. The topological polar surface area (TPSA) is 91.8 Å². The molecule has 10 heteroatoms. The third-order valence-electron chi connectivity index (χ3n) is 5.42. The van der Waals surface area contributed by atoms with Gasteiger partial charge in [0.25, 0.3) is 5.91 Å². The molecule has 7 nitrogen and oxygen atoms in total. The van der Waals surface area contributed by atoms with Crippen LogP contribution < -0.4 is 5.32 Å². The lowest BCUT2D eigenvalue weighted by atomic mass is 9.99. The quantitative estimate of drug-likeness (QED) is 0.572. The number of carbonyl (C=O) groups excluding carboxylic acids is 2. The third kappa shape index (κ3) is 5.08. The van der Waals surface area contributed by atoms with Crippen molar-refractivity contribution in [3.8, 4) is 0 Å². The van der Waals surface area contributed by atoms with Gasteiger partial charge in [0.05, 0.1) is 30.4 Å². The van der Waals surface area contributed by atoms with Crippen LogP contribution in [-0.2, 0) is 16.1 Å². The smallest absolute Gasteiger partial charge is 0.255 e. The molecule has 2 aromatic carbocycles. The molecule has 4 rings (SSSR count). The minimum Gasteiger partial charge on any atom is -0.394 e. The van der Waals surface area contributed by atoms with E-state index in [4.69, 9.17) is 4.74 Å². The van der Waals surface area contributed by atoms with Crippen LogP contribution in [0.4, 0.5) is 14.5 Å². The Morgan fingerprint density at radius 1 is 1.24 bits per heavy atom. The number of nitrogens with one attached hydrogen (secondary N) is 1. The van der Waals surface area contributed by atoms with Crippen molar-refractivity contribution in [3.63, 3.8) is 0 Å². The van der Waals surface area contributed by atoms with Crippen LogP contribution in [0.25, 0.3) is 0 Å². The van der Waals surface area contributed by atoms with Crippen molar-refractivity contribution in [3.05, 3.63) is 81.3 Å². The van der Waals surface area contributed by atoms with Gasteiger partial charge in [-0.25, -0.2) is 13.8 Å². The van der Waals surface area contributed by atoms with Gasteiger partial charge in [-0.2, -0.15) is 0 Å². The molecule has 2 amide bonds. The van der Waals surface area contributed by atoms with Crippen molar-refractivity contribution < 1.29 is 28.2 Å². The maximum atomic E-state index is 13.4. The van der Waals surface area contributed by atoms with Crippen LogP contribution in [0.1, 0.15) is 32.6 Å². The van der Waals surface area contributed by atoms with Gasteiger partial charge in [-0.3, -0.25) is 9.59 Å². The van der Waals surface area contributed by atoms with E-state index in [2.05, 4.69) is 10.3 Å². The van der Waals surface area contributed by atoms with Crippen molar-refractivity contribution >= 4 is 28.8 Å². The number of hydrogen-bond acceptors (Lipinski definition) is 6. The van der Waals surface area contributed by atoms with Crippen LogP contribution in [0.5, 0.6) is 0 Å². The predicted molar refractivity (Wildman–Crippen MR) is 118 cm³/mol. The van der Waals surface area contributed by atoms with E-state index >= 15 is 0 Å². The maximum absolute atomic E-state index is 13.4. The molecule has 0 aliphatic carbocycles. The summed E-state index contributed by atoms with van der Waals surface area (Å²) in [7, 11) is 0. The van der Waals surface area contributed by atoms with Crippen LogP contribution in [0.3, 0.4) is 0 Å². The van der Waals surface area contributed by atoms with Crippen LogP contribution in [0.15, 0.2) is 48.0 Å². The summed E-state index contributed by atoms with van der Waals surface area (Å²) in [5.74, 6) is -2.55. The summed E-state index contributed by atoms with van der Waals surface area (Å²) in [6, 6.07) is 8.66. The summed E-state index contributed by atoms with van der Waals surface area (Å²) in [6.07, 6.45) is -0.567. The number of carbonyl (C=O) groups is 2. The highest BCUT2D eigenvalue weighted by atomic mass is 32.1. The fourth-order valence-corrected chi connectivity index (χ4v) is 4.47. The monoisotopic (exact) mass is 473 g/mol. The summed E-state index contributed by atoms with van der Waals surface area (Å²) in [6.45, 7) is 1.78. The Labute approximate surface area is 192 Å². The summed E-state index contributed by atoms with van der Waals surface area (Å²) >= 11 is 1.45. The number of anilines is 1. The van der Waals surface area contributed by atoms with E-state index in [0.29, 0.717) is 23.9 Å². The highest BCUT2D eigenvalue weighted by molar-refractivity contribution is 7.09. The summed E-state index contributed by atoms with van der Waals surface area (Å²) in [5.41, 5.74) is 3.54. The van der Waals surface area contributed by atoms with E-state index in [1.54, 1.807) is 34.7 Å². The molecule has 1 aromatic heterocycles. The highest BCUT2D eigenvalue weighted by Gasteiger charge is 2.37. The molecule has 3 aromatic rings. The van der Waals surface area contributed by atoms with Crippen molar-refractivity contribution in [1.29, 1.82) is 0 Å². The van der Waals surface area contributed by atoms with Crippen LogP contribution in [-0.4, -0.2) is 46.1 Å². The van der Waals surface area contributed by atoms with Gasteiger partial charge < -0.3 is 20.1 Å². The first kappa shape index (κ1) is 23.0. The van der Waals surface area contributed by atoms with E-state index in [1.807, 2.05) is 6.92 Å². The number of morpholine rings is 1. The normalized spacial score (nSPS) is 18.4. The molecular weight excluding hydrogens is 452 g/mol. The van der Waals surface area contributed by atoms with Gasteiger partial charge >= 0.3 is 0 Å². The van der Waals surface area contributed by atoms with Crippen LogP contribution in [0, 0.1) is 18.6 Å². The third-order valence-corrected chi connectivity index (χ3v) is 6.34. The zero-order valence-electron chi connectivity index (χ0n) is 17.6. The molecule has 2 N–H and O–H groups in total.